The first-order chi connectivity index (χ1) is 10.3. The number of rotatable bonds is 9. The van der Waals surface area contributed by atoms with Gasteiger partial charge in [-0.05, 0) is 73.0 Å². The van der Waals surface area contributed by atoms with Crippen molar-refractivity contribution in [3.63, 3.8) is 0 Å². The van der Waals surface area contributed by atoms with Gasteiger partial charge in [0.1, 0.15) is 5.75 Å². The zero-order chi connectivity index (χ0) is 16.7. The minimum Gasteiger partial charge on any atom is -0.507 e. The summed E-state index contributed by atoms with van der Waals surface area (Å²) in [5, 5.41) is 10.6. The molecular formula is C21H36O. The lowest BCUT2D eigenvalue weighted by atomic mass is 9.92. The number of benzene rings is 1. The quantitative estimate of drug-likeness (QED) is 0.579. The van der Waals surface area contributed by atoms with Gasteiger partial charge in [-0.3, -0.25) is 0 Å². The van der Waals surface area contributed by atoms with E-state index in [1.807, 2.05) is 0 Å². The fraction of sp³-hybridized carbons (Fsp3) is 0.714. The molecule has 0 aromatic heterocycles. The van der Waals surface area contributed by atoms with E-state index in [4.69, 9.17) is 0 Å². The highest BCUT2D eigenvalue weighted by Gasteiger charge is 2.12. The maximum atomic E-state index is 10.6. The van der Waals surface area contributed by atoms with Gasteiger partial charge in [-0.2, -0.15) is 0 Å². The van der Waals surface area contributed by atoms with Crippen LogP contribution >= 0.6 is 0 Å². The molecule has 0 atom stereocenters. The van der Waals surface area contributed by atoms with Gasteiger partial charge in [0.05, 0.1) is 0 Å². The lowest BCUT2D eigenvalue weighted by molar-refractivity contribution is 0.451. The van der Waals surface area contributed by atoms with Crippen LogP contribution in [0.2, 0.25) is 0 Å². The first-order valence-corrected chi connectivity index (χ1v) is 9.13. The molecular weight excluding hydrogens is 268 g/mol. The van der Waals surface area contributed by atoms with Crippen LogP contribution in [-0.4, -0.2) is 5.11 Å². The van der Waals surface area contributed by atoms with Gasteiger partial charge in [-0.1, -0.05) is 53.7 Å². The first-order valence-electron chi connectivity index (χ1n) is 9.13. The molecule has 1 heteroatoms. The molecule has 0 aliphatic rings. The lowest BCUT2D eigenvalue weighted by Crippen LogP contribution is -2.01. The summed E-state index contributed by atoms with van der Waals surface area (Å²) < 4.78 is 0. The molecule has 0 heterocycles. The van der Waals surface area contributed by atoms with E-state index < -0.39 is 0 Å². The molecule has 0 fully saturated rings. The predicted molar refractivity (Wildman–Crippen MR) is 97.6 cm³/mol. The molecule has 0 unspecified atom stereocenters. The average Bonchev–Trinajstić information content (AvgIpc) is 2.42. The molecule has 22 heavy (non-hydrogen) atoms. The Balaban J connectivity index is 2.95. The summed E-state index contributed by atoms with van der Waals surface area (Å²) in [5.41, 5.74) is 3.73. The van der Waals surface area contributed by atoms with Gasteiger partial charge in [0.15, 0.2) is 0 Å². The molecule has 1 nitrogen and oxygen atoms in total. The molecule has 1 N–H and O–H groups in total. The summed E-state index contributed by atoms with van der Waals surface area (Å²) in [6, 6.07) is 4.50. The summed E-state index contributed by atoms with van der Waals surface area (Å²) >= 11 is 0. The monoisotopic (exact) mass is 304 g/mol. The number of hydrogen-bond donors (Lipinski definition) is 1. The van der Waals surface area contributed by atoms with E-state index in [2.05, 4.69) is 53.7 Å². The van der Waals surface area contributed by atoms with Crippen molar-refractivity contribution >= 4 is 0 Å². The molecule has 1 rings (SSSR count). The van der Waals surface area contributed by atoms with Crippen molar-refractivity contribution in [3.05, 3.63) is 28.8 Å². The largest absolute Gasteiger partial charge is 0.507 e. The van der Waals surface area contributed by atoms with Crippen LogP contribution in [0.15, 0.2) is 12.1 Å². The Hall–Kier alpha value is -0.980. The third-order valence-corrected chi connectivity index (χ3v) is 4.32. The van der Waals surface area contributed by atoms with Gasteiger partial charge in [-0.25, -0.2) is 0 Å². The molecule has 0 aliphatic heterocycles. The molecule has 0 saturated heterocycles. The highest BCUT2D eigenvalue weighted by Crippen LogP contribution is 2.29. The standard InChI is InChI=1S/C21H36O/c1-15(2)7-10-18-13-19(11-8-16(3)4)21(22)20(14-18)12-9-17(5)6/h13-17,22H,7-12H2,1-6H3. The second-order valence-corrected chi connectivity index (χ2v) is 8.06. The topological polar surface area (TPSA) is 20.2 Å². The summed E-state index contributed by atoms with van der Waals surface area (Å²) in [6.45, 7) is 13.6. The number of phenols is 1. The summed E-state index contributed by atoms with van der Waals surface area (Å²) in [7, 11) is 0. The van der Waals surface area contributed by atoms with E-state index >= 15 is 0 Å². The zero-order valence-corrected chi connectivity index (χ0v) is 15.6. The first kappa shape index (κ1) is 19.1. The summed E-state index contributed by atoms with van der Waals surface area (Å²) in [6.07, 6.45) is 6.62. The maximum Gasteiger partial charge on any atom is 0.121 e. The van der Waals surface area contributed by atoms with E-state index in [1.165, 1.54) is 12.0 Å². The third kappa shape index (κ3) is 6.85. The Morgan fingerprint density at radius 3 is 1.41 bits per heavy atom. The minimum absolute atomic E-state index is 0.564. The Morgan fingerprint density at radius 1 is 0.682 bits per heavy atom. The normalized spacial score (nSPS) is 11.9. The van der Waals surface area contributed by atoms with Crippen LogP contribution in [0.1, 0.15) is 77.5 Å². The van der Waals surface area contributed by atoms with Crippen LogP contribution in [0.4, 0.5) is 0 Å². The Labute approximate surface area is 138 Å². The molecule has 0 aliphatic carbocycles. The van der Waals surface area contributed by atoms with Crippen LogP contribution in [0.3, 0.4) is 0 Å². The number of phenolic OH excluding ortho intramolecular Hbond substituents is 1. The Morgan fingerprint density at radius 2 is 1.05 bits per heavy atom. The van der Waals surface area contributed by atoms with Crippen molar-refractivity contribution in [1.29, 1.82) is 0 Å². The second kappa shape index (κ2) is 9.22. The maximum absolute atomic E-state index is 10.6. The highest BCUT2D eigenvalue weighted by atomic mass is 16.3. The van der Waals surface area contributed by atoms with E-state index in [1.54, 1.807) is 0 Å². The van der Waals surface area contributed by atoms with Crippen LogP contribution in [0, 0.1) is 17.8 Å². The molecule has 0 saturated carbocycles. The van der Waals surface area contributed by atoms with Gasteiger partial charge in [0.25, 0.3) is 0 Å². The van der Waals surface area contributed by atoms with Crippen molar-refractivity contribution in [3.8, 4) is 5.75 Å². The van der Waals surface area contributed by atoms with Crippen LogP contribution in [0.5, 0.6) is 5.75 Å². The summed E-state index contributed by atoms with van der Waals surface area (Å²) in [5.74, 6) is 2.65. The van der Waals surface area contributed by atoms with Crippen LogP contribution in [0.25, 0.3) is 0 Å². The fourth-order valence-corrected chi connectivity index (χ4v) is 2.70. The van der Waals surface area contributed by atoms with Crippen molar-refractivity contribution in [2.45, 2.75) is 80.1 Å². The van der Waals surface area contributed by atoms with Gasteiger partial charge in [-0.15, -0.1) is 0 Å². The van der Waals surface area contributed by atoms with E-state index in [-0.39, 0.29) is 0 Å². The van der Waals surface area contributed by atoms with Gasteiger partial charge >= 0.3 is 0 Å². The van der Waals surface area contributed by atoms with Crippen molar-refractivity contribution < 1.29 is 5.11 Å². The van der Waals surface area contributed by atoms with E-state index in [0.717, 1.165) is 49.1 Å². The predicted octanol–water partition coefficient (Wildman–Crippen LogP) is 6.16. The SMILES string of the molecule is CC(C)CCc1cc(CCC(C)C)c(O)c(CCC(C)C)c1. The molecule has 1 aromatic rings. The molecule has 1 aromatic carbocycles. The number of aryl methyl sites for hydroxylation is 3. The van der Waals surface area contributed by atoms with Crippen molar-refractivity contribution in [2.75, 3.05) is 0 Å². The smallest absolute Gasteiger partial charge is 0.121 e. The van der Waals surface area contributed by atoms with Gasteiger partial charge < -0.3 is 5.11 Å². The molecule has 0 bridgehead atoms. The fourth-order valence-electron chi connectivity index (χ4n) is 2.70. The van der Waals surface area contributed by atoms with Crippen molar-refractivity contribution in [2.24, 2.45) is 17.8 Å². The lowest BCUT2D eigenvalue weighted by Gasteiger charge is -2.15. The zero-order valence-electron chi connectivity index (χ0n) is 15.6. The van der Waals surface area contributed by atoms with Gasteiger partial charge in [0.2, 0.25) is 0 Å². The Kier molecular flexibility index (Phi) is 8.00. The second-order valence-electron chi connectivity index (χ2n) is 8.06. The Bertz CT molecular complexity index is 410. The third-order valence-electron chi connectivity index (χ3n) is 4.32. The number of hydrogen-bond acceptors (Lipinski definition) is 1. The molecule has 0 radical (unpaired) electrons. The summed E-state index contributed by atoms with van der Waals surface area (Å²) in [4.78, 5) is 0. The van der Waals surface area contributed by atoms with Crippen LogP contribution < -0.4 is 0 Å². The average molecular weight is 305 g/mol. The molecule has 0 amide bonds. The van der Waals surface area contributed by atoms with E-state index in [9.17, 15) is 5.11 Å². The number of aromatic hydroxyl groups is 1. The van der Waals surface area contributed by atoms with E-state index in [0.29, 0.717) is 17.6 Å². The van der Waals surface area contributed by atoms with Crippen LogP contribution in [-0.2, 0) is 19.3 Å². The van der Waals surface area contributed by atoms with Crippen molar-refractivity contribution in [1.82, 2.24) is 0 Å². The minimum atomic E-state index is 0.564. The van der Waals surface area contributed by atoms with Gasteiger partial charge in [0, 0.05) is 0 Å². The highest BCUT2D eigenvalue weighted by molar-refractivity contribution is 5.44. The molecule has 126 valence electrons. The molecule has 0 spiro atoms.